The molecule has 1 aromatic rings. The van der Waals surface area contributed by atoms with Crippen molar-refractivity contribution in [3.63, 3.8) is 0 Å². The third-order valence-corrected chi connectivity index (χ3v) is 10.3. The van der Waals surface area contributed by atoms with Gasteiger partial charge in [-0.25, -0.2) is 0 Å². The molecule has 0 aliphatic heterocycles. The zero-order valence-electron chi connectivity index (χ0n) is 17.6. The van der Waals surface area contributed by atoms with Crippen LogP contribution in [0.3, 0.4) is 0 Å². The van der Waals surface area contributed by atoms with E-state index in [4.69, 9.17) is 4.43 Å². The lowest BCUT2D eigenvalue weighted by Crippen LogP contribution is -2.44. The zero-order valence-corrected chi connectivity index (χ0v) is 19.5. The molecule has 0 aliphatic carbocycles. The molecule has 0 aliphatic rings. The smallest absolute Gasteiger partial charge is 0.387 e. The van der Waals surface area contributed by atoms with Gasteiger partial charge in [-0.1, -0.05) is 25.2 Å². The lowest BCUT2D eigenvalue weighted by atomic mass is 10.1. The van der Waals surface area contributed by atoms with Gasteiger partial charge < -0.3 is 13.7 Å². The predicted molar refractivity (Wildman–Crippen MR) is 111 cm³/mol. The van der Waals surface area contributed by atoms with Gasteiger partial charge in [0.25, 0.3) is 8.32 Å². The van der Waals surface area contributed by atoms with Crippen molar-refractivity contribution in [2.45, 2.75) is 78.0 Å². The van der Waals surface area contributed by atoms with Gasteiger partial charge in [-0.15, -0.1) is 0 Å². The molecule has 0 N–H and O–H groups in total. The number of halogens is 2. The summed E-state index contributed by atoms with van der Waals surface area (Å²) in [6, 6.07) is 4.53. The normalized spacial score (nSPS) is 15.1. The van der Waals surface area contributed by atoms with Crippen LogP contribution in [-0.4, -0.2) is 29.9 Å². The second kappa shape index (κ2) is 8.49. The molecule has 0 amide bonds. The summed E-state index contributed by atoms with van der Waals surface area (Å²) in [5.74, 6) is 0.444. The molecule has 1 unspecified atom stereocenters. The van der Waals surface area contributed by atoms with Crippen LogP contribution in [0.25, 0.3) is 0 Å². The summed E-state index contributed by atoms with van der Waals surface area (Å²) in [5.41, 5.74) is 1.15. The van der Waals surface area contributed by atoms with Gasteiger partial charge in [-0.05, 0) is 58.0 Å². The number of rotatable bonds is 6. The van der Waals surface area contributed by atoms with Crippen LogP contribution >= 0.6 is 0 Å². The molecular weight excluding hydrogens is 388 g/mol. The molecular formula is C19H31F2NO3SSi. The number of hydrogen-bond acceptors (Lipinski definition) is 4. The summed E-state index contributed by atoms with van der Waals surface area (Å²) in [4.78, 5) is 0. The number of ether oxygens (including phenoxy) is 1. The predicted octanol–water partition coefficient (Wildman–Crippen LogP) is 5.94. The molecule has 0 radical (unpaired) electrons. The van der Waals surface area contributed by atoms with Crippen molar-refractivity contribution >= 4 is 25.4 Å². The van der Waals surface area contributed by atoms with Crippen LogP contribution < -0.4 is 9.16 Å². The number of nitrogens with zero attached hydrogens (tertiary/aromatic N) is 1. The Balaban J connectivity index is 3.40. The lowest BCUT2D eigenvalue weighted by Gasteiger charge is -2.37. The average molecular weight is 420 g/mol. The molecule has 0 saturated heterocycles. The fourth-order valence-corrected chi connectivity index (χ4v) is 3.45. The van der Waals surface area contributed by atoms with Gasteiger partial charge in [0.15, 0.2) is 0 Å². The molecule has 4 nitrogen and oxygen atoms in total. The van der Waals surface area contributed by atoms with Crippen LogP contribution in [0.15, 0.2) is 22.6 Å². The van der Waals surface area contributed by atoms with Crippen molar-refractivity contribution in [2.24, 2.45) is 4.40 Å². The molecule has 154 valence electrons. The number of hydrogen-bond donors (Lipinski definition) is 0. The maximum absolute atomic E-state index is 12.6. The van der Waals surface area contributed by atoms with E-state index in [2.05, 4.69) is 43.0 Å². The molecule has 0 bridgehead atoms. The first-order chi connectivity index (χ1) is 12.0. The van der Waals surface area contributed by atoms with E-state index < -0.39 is 31.0 Å². The van der Waals surface area contributed by atoms with Gasteiger partial charge in [0.2, 0.25) is 0 Å². The van der Waals surface area contributed by atoms with E-state index in [-0.39, 0.29) is 10.8 Å². The van der Waals surface area contributed by atoms with Crippen LogP contribution in [0.1, 0.15) is 54.0 Å². The largest absolute Gasteiger partial charge is 0.591 e. The van der Waals surface area contributed by atoms with Crippen molar-refractivity contribution in [1.82, 2.24) is 0 Å². The first kappa shape index (κ1) is 23.9. The Bertz CT molecular complexity index is 683. The second-order valence-electron chi connectivity index (χ2n) is 8.94. The fraction of sp³-hybridized carbons (Fsp3) is 0.632. The quantitative estimate of drug-likeness (QED) is 0.325. The Morgan fingerprint density at radius 3 is 2.15 bits per heavy atom. The highest BCUT2D eigenvalue weighted by Gasteiger charge is 2.39. The highest BCUT2D eigenvalue weighted by Crippen LogP contribution is 2.39. The molecule has 1 atom stereocenters. The van der Waals surface area contributed by atoms with Crippen LogP contribution in [0.5, 0.6) is 11.5 Å². The van der Waals surface area contributed by atoms with Gasteiger partial charge in [0.1, 0.15) is 27.6 Å². The Kier molecular flexibility index (Phi) is 7.52. The maximum Gasteiger partial charge on any atom is 0.387 e. The SMILES string of the molecule is CC(=N[S+]([O-])C(C)(C)C)c1ccc(OC(F)F)cc1O[Si](C)(C)C(C)(C)C. The van der Waals surface area contributed by atoms with Crippen molar-refractivity contribution in [2.75, 3.05) is 0 Å². The van der Waals surface area contributed by atoms with Crippen LogP contribution in [0.2, 0.25) is 18.1 Å². The Hall–Kier alpha value is -1.12. The van der Waals surface area contributed by atoms with Gasteiger partial charge in [-0.3, -0.25) is 0 Å². The summed E-state index contributed by atoms with van der Waals surface area (Å²) in [6.45, 7) is 14.8. The Morgan fingerprint density at radius 1 is 1.15 bits per heavy atom. The molecule has 1 aromatic carbocycles. The van der Waals surface area contributed by atoms with E-state index in [9.17, 15) is 13.3 Å². The minimum Gasteiger partial charge on any atom is -0.591 e. The molecule has 0 spiro atoms. The molecule has 0 fully saturated rings. The number of benzene rings is 1. The van der Waals surface area contributed by atoms with Crippen LogP contribution in [0, 0.1) is 0 Å². The fourth-order valence-electron chi connectivity index (χ4n) is 1.80. The highest BCUT2D eigenvalue weighted by atomic mass is 32.2. The second-order valence-corrected chi connectivity index (χ2v) is 15.6. The van der Waals surface area contributed by atoms with Gasteiger partial charge >= 0.3 is 6.61 Å². The van der Waals surface area contributed by atoms with Crippen molar-refractivity contribution < 1.29 is 22.5 Å². The average Bonchev–Trinajstić information content (AvgIpc) is 2.43. The highest BCUT2D eigenvalue weighted by molar-refractivity contribution is 7.91. The molecule has 1 rings (SSSR count). The van der Waals surface area contributed by atoms with E-state index in [0.717, 1.165) is 0 Å². The van der Waals surface area contributed by atoms with Gasteiger partial charge in [0.05, 0.1) is 5.71 Å². The summed E-state index contributed by atoms with van der Waals surface area (Å²) in [5, 5.41) is -0.0802. The van der Waals surface area contributed by atoms with Crippen molar-refractivity contribution in [3.8, 4) is 11.5 Å². The summed E-state index contributed by atoms with van der Waals surface area (Å²) >= 11 is -1.44. The van der Waals surface area contributed by atoms with E-state index >= 15 is 0 Å². The molecule has 0 heterocycles. The van der Waals surface area contributed by atoms with E-state index in [1.165, 1.54) is 12.1 Å². The minimum atomic E-state index is -2.92. The van der Waals surface area contributed by atoms with Gasteiger partial charge in [0, 0.05) is 11.6 Å². The first-order valence-corrected chi connectivity index (χ1v) is 12.8. The summed E-state index contributed by atoms with van der Waals surface area (Å²) < 4.78 is 52.3. The molecule has 8 heteroatoms. The Morgan fingerprint density at radius 2 is 1.70 bits per heavy atom. The van der Waals surface area contributed by atoms with E-state index in [1.807, 2.05) is 20.8 Å². The summed E-state index contributed by atoms with van der Waals surface area (Å²) in [6.07, 6.45) is 0. The Labute approximate surface area is 165 Å². The topological polar surface area (TPSA) is 53.9 Å². The van der Waals surface area contributed by atoms with Crippen LogP contribution in [0.4, 0.5) is 8.78 Å². The first-order valence-electron chi connectivity index (χ1n) is 8.80. The van der Waals surface area contributed by atoms with Crippen LogP contribution in [-0.2, 0) is 11.4 Å². The minimum absolute atomic E-state index is 0.0206. The lowest BCUT2D eigenvalue weighted by molar-refractivity contribution is -0.0499. The number of alkyl halides is 2. The molecule has 0 saturated carbocycles. The van der Waals surface area contributed by atoms with E-state index in [0.29, 0.717) is 17.0 Å². The summed E-state index contributed by atoms with van der Waals surface area (Å²) in [7, 11) is -2.24. The monoisotopic (exact) mass is 419 g/mol. The molecule has 27 heavy (non-hydrogen) atoms. The van der Waals surface area contributed by atoms with Gasteiger partial charge in [-0.2, -0.15) is 8.78 Å². The third kappa shape index (κ3) is 6.76. The van der Waals surface area contributed by atoms with Crippen molar-refractivity contribution in [1.29, 1.82) is 0 Å². The van der Waals surface area contributed by atoms with Crippen molar-refractivity contribution in [3.05, 3.63) is 23.8 Å². The zero-order chi connectivity index (χ0) is 21.2. The maximum atomic E-state index is 12.6. The standard InChI is InChI=1S/C19H31F2NO3SSi/c1-13(22-26(23)18(2,3)4)15-11-10-14(24-17(20)21)12-16(15)25-27(8,9)19(5,6)7/h10-12,17H,1-9H3. The molecule has 0 aromatic heterocycles. The third-order valence-electron chi connectivity index (χ3n) is 4.48. The van der Waals surface area contributed by atoms with E-state index in [1.54, 1.807) is 13.0 Å².